The lowest BCUT2D eigenvalue weighted by molar-refractivity contribution is -0.144. The van der Waals surface area contributed by atoms with Gasteiger partial charge in [0, 0.05) is 10.5 Å². The number of carbonyl (C=O) groups is 2. The van der Waals surface area contributed by atoms with Gasteiger partial charge < -0.3 is 9.84 Å². The van der Waals surface area contributed by atoms with Crippen LogP contribution in [0.4, 0.5) is 0 Å². The van der Waals surface area contributed by atoms with Crippen molar-refractivity contribution >= 4 is 33.5 Å². The van der Waals surface area contributed by atoms with E-state index in [2.05, 4.69) is 4.74 Å². The summed E-state index contributed by atoms with van der Waals surface area (Å²) < 4.78 is 4.26. The molecule has 0 bridgehead atoms. The molecule has 0 rings (SSSR count). The molecule has 4 nitrogen and oxygen atoms in total. The first kappa shape index (κ1) is 16.6. The summed E-state index contributed by atoms with van der Waals surface area (Å²) in [6, 6.07) is 0. The second-order valence-corrected chi connectivity index (χ2v) is 7.45. The van der Waals surface area contributed by atoms with Gasteiger partial charge >= 0.3 is 11.9 Å². The molecule has 0 aliphatic heterocycles. The van der Waals surface area contributed by atoms with Crippen LogP contribution in [0.2, 0.25) is 0 Å². The second-order valence-electron chi connectivity index (χ2n) is 4.46. The Morgan fingerprint density at radius 3 is 2.29 bits per heavy atom. The Morgan fingerprint density at radius 1 is 1.35 bits per heavy atom. The molecule has 0 aromatic rings. The van der Waals surface area contributed by atoms with E-state index in [-0.39, 0.29) is 16.6 Å². The lowest BCUT2D eigenvalue weighted by Crippen LogP contribution is -2.31. The third-order valence-electron chi connectivity index (χ3n) is 2.61. The number of rotatable bonds is 7. The zero-order valence-corrected chi connectivity index (χ0v) is 12.5. The van der Waals surface area contributed by atoms with Gasteiger partial charge in [0.05, 0.1) is 18.9 Å². The highest BCUT2D eigenvalue weighted by Crippen LogP contribution is 2.41. The average Bonchev–Trinajstić information content (AvgIpc) is 2.26. The molecule has 0 radical (unpaired) electrons. The predicted molar refractivity (Wildman–Crippen MR) is 72.1 cm³/mol. The van der Waals surface area contributed by atoms with E-state index in [1.54, 1.807) is 13.8 Å². The van der Waals surface area contributed by atoms with Crippen LogP contribution in [0.3, 0.4) is 0 Å². The molecule has 2 atom stereocenters. The molecular weight excluding hydrogens is 260 g/mol. The Labute approximate surface area is 110 Å². The van der Waals surface area contributed by atoms with Crippen molar-refractivity contribution < 1.29 is 19.4 Å². The van der Waals surface area contributed by atoms with E-state index in [4.69, 9.17) is 5.11 Å². The Morgan fingerprint density at radius 2 is 1.88 bits per heavy atom. The third kappa shape index (κ3) is 5.68. The predicted octanol–water partition coefficient (Wildman–Crippen LogP) is 2.68. The van der Waals surface area contributed by atoms with Crippen molar-refractivity contribution in [2.45, 2.75) is 32.4 Å². The summed E-state index contributed by atoms with van der Waals surface area (Å²) in [4.78, 5) is 22.1. The van der Waals surface area contributed by atoms with Crippen LogP contribution in [-0.4, -0.2) is 34.7 Å². The van der Waals surface area contributed by atoms with Gasteiger partial charge in [0.2, 0.25) is 0 Å². The molecule has 6 heteroatoms. The number of carboxylic acids is 1. The monoisotopic (exact) mass is 280 g/mol. The molecule has 0 aliphatic rings. The van der Waals surface area contributed by atoms with Crippen LogP contribution in [0, 0.1) is 11.8 Å². The van der Waals surface area contributed by atoms with Crippen LogP contribution in [0.15, 0.2) is 0 Å². The summed E-state index contributed by atoms with van der Waals surface area (Å²) in [5, 5.41) is 8.96. The Kier molecular flexibility index (Phi) is 7.01. The molecule has 0 saturated carbocycles. The molecular formula is C11H20O4S2. The van der Waals surface area contributed by atoms with Crippen LogP contribution in [0.5, 0.6) is 0 Å². The van der Waals surface area contributed by atoms with E-state index in [0.717, 1.165) is 0 Å². The number of hydrogen-bond donors (Lipinski definition) is 1. The number of carbonyl (C=O) groups excluding carboxylic acids is 1. The molecule has 0 aromatic carbocycles. The van der Waals surface area contributed by atoms with Gasteiger partial charge in [0.1, 0.15) is 0 Å². The number of methoxy groups -OCH3 is 1. The van der Waals surface area contributed by atoms with Crippen molar-refractivity contribution in [1.29, 1.82) is 0 Å². The number of esters is 1. The fraction of sp³-hybridized carbons (Fsp3) is 0.818. The summed E-state index contributed by atoms with van der Waals surface area (Å²) in [5.74, 6) is -1.03. The lowest BCUT2D eigenvalue weighted by Gasteiger charge is -2.27. The highest BCUT2D eigenvalue weighted by Gasteiger charge is 2.32. The second kappa shape index (κ2) is 7.16. The number of hydrogen-bond acceptors (Lipinski definition) is 5. The maximum atomic E-state index is 11.2. The molecule has 1 N–H and O–H groups in total. The average molecular weight is 280 g/mol. The summed E-state index contributed by atoms with van der Waals surface area (Å²) in [6.07, 6.45) is 0. The minimum atomic E-state index is -0.802. The molecule has 0 aromatic heterocycles. The number of carboxylic acid groups (broad SMARTS) is 1. The van der Waals surface area contributed by atoms with Crippen molar-refractivity contribution in [1.82, 2.24) is 0 Å². The normalized spacial score (nSPS) is 15.1. The zero-order valence-electron chi connectivity index (χ0n) is 10.9. The van der Waals surface area contributed by atoms with Gasteiger partial charge in [-0.3, -0.25) is 9.59 Å². The highest BCUT2D eigenvalue weighted by atomic mass is 33.1. The topological polar surface area (TPSA) is 63.6 Å². The van der Waals surface area contributed by atoms with Gasteiger partial charge in [-0.25, -0.2) is 0 Å². The Balaban J connectivity index is 4.11. The zero-order chi connectivity index (χ0) is 13.6. The van der Waals surface area contributed by atoms with Crippen LogP contribution in [-0.2, 0) is 14.3 Å². The number of aliphatic carboxylic acids is 1. The fourth-order valence-corrected chi connectivity index (χ4v) is 4.04. The molecule has 0 heterocycles. The molecule has 0 unspecified atom stereocenters. The first-order valence-electron chi connectivity index (χ1n) is 5.33. The standard InChI is InChI=1S/C11H20O4S2/c1-7(10(14)15-5)6-16-17-11(3,4)8(2)9(12)13/h7-8H,6H2,1-5H3,(H,12,13)/t7-,8+/m0/s1. The number of ether oxygens (including phenoxy) is 1. The van der Waals surface area contributed by atoms with E-state index in [9.17, 15) is 9.59 Å². The van der Waals surface area contributed by atoms with Gasteiger partial charge in [-0.05, 0) is 13.8 Å². The van der Waals surface area contributed by atoms with Crippen molar-refractivity contribution in [2.24, 2.45) is 11.8 Å². The highest BCUT2D eigenvalue weighted by molar-refractivity contribution is 8.77. The van der Waals surface area contributed by atoms with Crippen LogP contribution >= 0.6 is 21.6 Å². The molecule has 0 aliphatic carbocycles. The van der Waals surface area contributed by atoms with Gasteiger partial charge in [0.25, 0.3) is 0 Å². The van der Waals surface area contributed by atoms with Gasteiger partial charge in [-0.15, -0.1) is 0 Å². The van der Waals surface area contributed by atoms with E-state index >= 15 is 0 Å². The van der Waals surface area contributed by atoms with E-state index in [1.165, 1.54) is 28.7 Å². The van der Waals surface area contributed by atoms with Gasteiger partial charge in [-0.1, -0.05) is 35.4 Å². The summed E-state index contributed by atoms with van der Waals surface area (Å²) in [5.41, 5.74) is 0. The van der Waals surface area contributed by atoms with E-state index in [0.29, 0.717) is 5.75 Å². The SMILES string of the molecule is COC(=O)[C@@H](C)CSSC(C)(C)[C@H](C)C(=O)O. The molecule has 0 amide bonds. The molecule has 0 saturated heterocycles. The summed E-state index contributed by atoms with van der Waals surface area (Å²) >= 11 is 0. The minimum Gasteiger partial charge on any atom is -0.481 e. The van der Waals surface area contributed by atoms with Crippen LogP contribution in [0.25, 0.3) is 0 Å². The van der Waals surface area contributed by atoms with Crippen molar-refractivity contribution in [3.05, 3.63) is 0 Å². The Bertz CT molecular complexity index is 279. The maximum Gasteiger partial charge on any atom is 0.309 e. The third-order valence-corrected chi connectivity index (χ3v) is 6.20. The summed E-state index contributed by atoms with van der Waals surface area (Å²) in [6.45, 7) is 7.28. The van der Waals surface area contributed by atoms with Gasteiger partial charge in [-0.2, -0.15) is 0 Å². The van der Waals surface area contributed by atoms with E-state index < -0.39 is 11.9 Å². The first-order valence-corrected chi connectivity index (χ1v) is 7.65. The maximum absolute atomic E-state index is 11.2. The summed E-state index contributed by atoms with van der Waals surface area (Å²) in [7, 11) is 4.38. The molecule has 17 heavy (non-hydrogen) atoms. The van der Waals surface area contributed by atoms with Crippen LogP contribution in [0.1, 0.15) is 27.7 Å². The molecule has 0 spiro atoms. The molecule has 100 valence electrons. The smallest absolute Gasteiger partial charge is 0.309 e. The van der Waals surface area contributed by atoms with Crippen molar-refractivity contribution in [2.75, 3.05) is 12.9 Å². The van der Waals surface area contributed by atoms with Crippen molar-refractivity contribution in [3.8, 4) is 0 Å². The Hall–Kier alpha value is -0.360. The van der Waals surface area contributed by atoms with E-state index in [1.807, 2.05) is 13.8 Å². The van der Waals surface area contributed by atoms with Crippen molar-refractivity contribution in [3.63, 3.8) is 0 Å². The van der Waals surface area contributed by atoms with Gasteiger partial charge in [0.15, 0.2) is 0 Å². The lowest BCUT2D eigenvalue weighted by atomic mass is 9.97. The fourth-order valence-electron chi connectivity index (χ4n) is 0.927. The molecule has 0 fully saturated rings. The first-order chi connectivity index (χ1) is 7.72. The quantitative estimate of drug-likeness (QED) is 0.571. The largest absolute Gasteiger partial charge is 0.481 e. The minimum absolute atomic E-state index is 0.173. The van der Waals surface area contributed by atoms with Crippen LogP contribution < -0.4 is 0 Å².